The maximum atomic E-state index is 13.9. The number of pyridine rings is 1. The first-order valence-corrected chi connectivity index (χ1v) is 12.1. The Morgan fingerprint density at radius 1 is 1.00 bits per heavy atom. The van der Waals surface area contributed by atoms with Crippen molar-refractivity contribution in [1.82, 2.24) is 19.3 Å². The molecule has 0 aliphatic carbocycles. The molecule has 6 rings (SSSR count). The van der Waals surface area contributed by atoms with Crippen LogP contribution in [0.25, 0.3) is 28.0 Å². The molecular weight excluding hydrogens is 462 g/mol. The standard InChI is InChI=1S/C27H24ClN5O2/c1-18-12-14-31(27-29-21-17-20(28)10-11-22(21)35-27)15-16-32(18)26(34)24-25(19-7-3-2-4-8-19)33-13-6-5-9-23(33)30-24/h2-11,13,17-18H,12,14-16H2,1H3. The van der Waals surface area contributed by atoms with Gasteiger partial charge < -0.3 is 14.2 Å². The molecule has 7 nitrogen and oxygen atoms in total. The number of oxazole rings is 1. The molecule has 4 heterocycles. The number of benzene rings is 2. The van der Waals surface area contributed by atoms with E-state index in [2.05, 4.69) is 16.8 Å². The minimum absolute atomic E-state index is 0.0414. The van der Waals surface area contributed by atoms with Gasteiger partial charge in [0.15, 0.2) is 11.3 Å². The predicted molar refractivity (Wildman–Crippen MR) is 137 cm³/mol. The van der Waals surface area contributed by atoms with Gasteiger partial charge in [-0.2, -0.15) is 4.98 Å². The third-order valence-corrected chi connectivity index (χ3v) is 6.84. The van der Waals surface area contributed by atoms with Gasteiger partial charge in [-0.1, -0.05) is 48.0 Å². The highest BCUT2D eigenvalue weighted by molar-refractivity contribution is 6.31. The molecular formula is C27H24ClN5O2. The topological polar surface area (TPSA) is 66.9 Å². The number of anilines is 1. The Labute approximate surface area is 207 Å². The molecule has 3 aromatic heterocycles. The van der Waals surface area contributed by atoms with Crippen LogP contribution in [0.3, 0.4) is 0 Å². The Morgan fingerprint density at radius 2 is 1.83 bits per heavy atom. The lowest BCUT2D eigenvalue weighted by molar-refractivity contribution is 0.0700. The second-order valence-electron chi connectivity index (χ2n) is 8.84. The second kappa shape index (κ2) is 8.74. The van der Waals surface area contributed by atoms with E-state index in [1.807, 2.05) is 70.1 Å². The zero-order chi connectivity index (χ0) is 23.9. The first-order chi connectivity index (χ1) is 17.1. The maximum absolute atomic E-state index is 13.9. The van der Waals surface area contributed by atoms with Gasteiger partial charge in [0.05, 0.1) is 5.69 Å². The fourth-order valence-electron chi connectivity index (χ4n) is 4.73. The summed E-state index contributed by atoms with van der Waals surface area (Å²) in [5.74, 6) is -0.0637. The molecule has 1 unspecified atom stereocenters. The molecule has 0 bridgehead atoms. The average molecular weight is 486 g/mol. The molecule has 2 aromatic carbocycles. The van der Waals surface area contributed by atoms with E-state index >= 15 is 0 Å². The van der Waals surface area contributed by atoms with E-state index in [-0.39, 0.29) is 11.9 Å². The summed E-state index contributed by atoms with van der Waals surface area (Å²) in [7, 11) is 0. The maximum Gasteiger partial charge on any atom is 0.298 e. The van der Waals surface area contributed by atoms with Crippen molar-refractivity contribution in [2.75, 3.05) is 24.5 Å². The number of hydrogen-bond donors (Lipinski definition) is 0. The lowest BCUT2D eigenvalue weighted by atomic mass is 10.1. The third-order valence-electron chi connectivity index (χ3n) is 6.61. The molecule has 35 heavy (non-hydrogen) atoms. The van der Waals surface area contributed by atoms with Crippen LogP contribution in [0.5, 0.6) is 0 Å². The van der Waals surface area contributed by atoms with Crippen LogP contribution in [0.4, 0.5) is 6.01 Å². The van der Waals surface area contributed by atoms with Gasteiger partial charge in [0, 0.05) is 42.5 Å². The molecule has 0 spiro atoms. The van der Waals surface area contributed by atoms with Crippen molar-refractivity contribution in [1.29, 1.82) is 0 Å². The Hall–Kier alpha value is -3.84. The number of carbonyl (C=O) groups excluding carboxylic acids is 1. The first-order valence-electron chi connectivity index (χ1n) is 11.7. The Balaban J connectivity index is 1.32. The van der Waals surface area contributed by atoms with Crippen molar-refractivity contribution in [3.05, 3.63) is 83.6 Å². The zero-order valence-corrected chi connectivity index (χ0v) is 20.0. The van der Waals surface area contributed by atoms with Gasteiger partial charge in [-0.15, -0.1) is 0 Å². The molecule has 1 atom stereocenters. The van der Waals surface area contributed by atoms with Crippen molar-refractivity contribution >= 4 is 40.3 Å². The van der Waals surface area contributed by atoms with Gasteiger partial charge >= 0.3 is 0 Å². The first kappa shape index (κ1) is 21.7. The van der Waals surface area contributed by atoms with Crippen molar-refractivity contribution in [3.63, 3.8) is 0 Å². The van der Waals surface area contributed by atoms with Crippen LogP contribution >= 0.6 is 11.6 Å². The molecule has 5 aromatic rings. The minimum atomic E-state index is -0.0637. The largest absolute Gasteiger partial charge is 0.423 e. The number of aromatic nitrogens is 3. The SMILES string of the molecule is CC1CCN(c2nc3cc(Cl)ccc3o2)CCN1C(=O)c1nc2ccccn2c1-c1ccccc1. The third kappa shape index (κ3) is 3.91. The normalized spacial score (nSPS) is 16.7. The molecule has 0 radical (unpaired) electrons. The molecule has 1 saturated heterocycles. The zero-order valence-electron chi connectivity index (χ0n) is 19.3. The number of amides is 1. The van der Waals surface area contributed by atoms with E-state index in [0.717, 1.165) is 35.4 Å². The Kier molecular flexibility index (Phi) is 5.41. The number of nitrogens with zero attached hydrogens (tertiary/aromatic N) is 5. The number of fused-ring (bicyclic) bond motifs is 2. The number of carbonyl (C=O) groups is 1. The monoisotopic (exact) mass is 485 g/mol. The fourth-order valence-corrected chi connectivity index (χ4v) is 4.89. The number of halogens is 1. The fraction of sp³-hybridized carbons (Fsp3) is 0.222. The molecule has 8 heteroatoms. The molecule has 0 N–H and O–H groups in total. The summed E-state index contributed by atoms with van der Waals surface area (Å²) in [6, 6.07) is 21.8. The number of rotatable bonds is 3. The predicted octanol–water partition coefficient (Wildman–Crippen LogP) is 5.54. The van der Waals surface area contributed by atoms with E-state index in [1.165, 1.54) is 0 Å². The summed E-state index contributed by atoms with van der Waals surface area (Å²) in [5.41, 5.74) is 4.43. The Bertz CT molecular complexity index is 1530. The highest BCUT2D eigenvalue weighted by Crippen LogP contribution is 2.29. The molecule has 0 saturated carbocycles. The van der Waals surface area contributed by atoms with E-state index in [0.29, 0.717) is 35.4 Å². The van der Waals surface area contributed by atoms with E-state index < -0.39 is 0 Å². The van der Waals surface area contributed by atoms with Gasteiger partial charge in [-0.25, -0.2) is 4.98 Å². The summed E-state index contributed by atoms with van der Waals surface area (Å²) >= 11 is 6.11. The Morgan fingerprint density at radius 3 is 2.69 bits per heavy atom. The molecule has 1 aliphatic rings. The number of hydrogen-bond acceptors (Lipinski definition) is 5. The second-order valence-corrected chi connectivity index (χ2v) is 9.27. The van der Waals surface area contributed by atoms with Crippen LogP contribution in [-0.2, 0) is 0 Å². The molecule has 1 amide bonds. The van der Waals surface area contributed by atoms with Gasteiger partial charge in [-0.05, 0) is 43.7 Å². The van der Waals surface area contributed by atoms with Gasteiger partial charge in [-0.3, -0.25) is 9.20 Å². The summed E-state index contributed by atoms with van der Waals surface area (Å²) in [6.07, 6.45) is 2.74. The van der Waals surface area contributed by atoms with Crippen molar-refractivity contribution in [2.45, 2.75) is 19.4 Å². The van der Waals surface area contributed by atoms with Crippen LogP contribution in [0.1, 0.15) is 23.8 Å². The minimum Gasteiger partial charge on any atom is -0.423 e. The van der Waals surface area contributed by atoms with Gasteiger partial charge in [0.2, 0.25) is 0 Å². The van der Waals surface area contributed by atoms with Crippen LogP contribution in [-0.4, -0.2) is 50.9 Å². The lowest BCUT2D eigenvalue weighted by Crippen LogP contribution is -2.40. The van der Waals surface area contributed by atoms with Crippen molar-refractivity contribution < 1.29 is 9.21 Å². The van der Waals surface area contributed by atoms with E-state index in [1.54, 1.807) is 12.1 Å². The van der Waals surface area contributed by atoms with E-state index in [4.69, 9.17) is 21.0 Å². The van der Waals surface area contributed by atoms with Crippen LogP contribution in [0.2, 0.25) is 5.02 Å². The summed E-state index contributed by atoms with van der Waals surface area (Å²) in [5, 5.41) is 0.625. The number of imidazole rings is 1. The highest BCUT2D eigenvalue weighted by atomic mass is 35.5. The van der Waals surface area contributed by atoms with Gasteiger partial charge in [0.25, 0.3) is 11.9 Å². The van der Waals surface area contributed by atoms with Crippen LogP contribution in [0, 0.1) is 0 Å². The van der Waals surface area contributed by atoms with Crippen LogP contribution in [0.15, 0.2) is 77.3 Å². The highest BCUT2D eigenvalue weighted by Gasteiger charge is 2.31. The molecule has 176 valence electrons. The lowest BCUT2D eigenvalue weighted by Gasteiger charge is -2.26. The van der Waals surface area contributed by atoms with Crippen LogP contribution < -0.4 is 4.90 Å². The smallest absolute Gasteiger partial charge is 0.298 e. The molecule has 1 aliphatic heterocycles. The quantitative estimate of drug-likeness (QED) is 0.336. The van der Waals surface area contributed by atoms with Crippen molar-refractivity contribution in [3.8, 4) is 11.3 Å². The summed E-state index contributed by atoms with van der Waals surface area (Å²) in [6.45, 7) is 3.99. The van der Waals surface area contributed by atoms with E-state index in [9.17, 15) is 4.79 Å². The van der Waals surface area contributed by atoms with Gasteiger partial charge in [0.1, 0.15) is 11.2 Å². The summed E-state index contributed by atoms with van der Waals surface area (Å²) < 4.78 is 7.97. The average Bonchev–Trinajstić information content (AvgIpc) is 3.41. The van der Waals surface area contributed by atoms with Crippen molar-refractivity contribution in [2.24, 2.45) is 0 Å². The summed E-state index contributed by atoms with van der Waals surface area (Å²) in [4.78, 5) is 27.3. The molecule has 1 fully saturated rings.